The lowest BCUT2D eigenvalue weighted by Crippen LogP contribution is -2.32. The molecule has 0 atom stereocenters. The van der Waals surface area contributed by atoms with Gasteiger partial charge in [0.2, 0.25) is 0 Å². The van der Waals surface area contributed by atoms with E-state index in [-0.39, 0.29) is 6.03 Å². The number of H-pyrrole nitrogens is 1. The third-order valence-corrected chi connectivity index (χ3v) is 3.76. The first-order chi connectivity index (χ1) is 11.2. The van der Waals surface area contributed by atoms with E-state index < -0.39 is 0 Å². The Balaban J connectivity index is 1.44. The largest absolute Gasteiger partial charge is 0.492 e. The summed E-state index contributed by atoms with van der Waals surface area (Å²) in [6.07, 6.45) is 1.87. The molecule has 0 aliphatic carbocycles. The van der Waals surface area contributed by atoms with Gasteiger partial charge >= 0.3 is 6.03 Å². The fourth-order valence-corrected chi connectivity index (χ4v) is 2.57. The van der Waals surface area contributed by atoms with E-state index >= 15 is 0 Å². The zero-order valence-electron chi connectivity index (χ0n) is 12.3. The maximum absolute atomic E-state index is 11.9. The number of amides is 2. The van der Waals surface area contributed by atoms with Crippen LogP contribution in [0, 0.1) is 0 Å². The monoisotopic (exact) mass is 373 g/mol. The number of urea groups is 1. The molecule has 0 saturated heterocycles. The van der Waals surface area contributed by atoms with Gasteiger partial charge in [0.25, 0.3) is 0 Å². The first kappa shape index (κ1) is 15.4. The van der Waals surface area contributed by atoms with Gasteiger partial charge < -0.3 is 20.4 Å². The van der Waals surface area contributed by atoms with E-state index in [1.54, 1.807) is 0 Å². The summed E-state index contributed by atoms with van der Waals surface area (Å²) in [5.74, 6) is 0.763. The van der Waals surface area contributed by atoms with E-state index in [4.69, 9.17) is 4.74 Å². The number of carbonyl (C=O) groups excluding carboxylic acids is 1. The van der Waals surface area contributed by atoms with Crippen LogP contribution in [0.4, 0.5) is 10.5 Å². The predicted octanol–water partition coefficient (Wildman–Crippen LogP) is 4.13. The molecule has 0 saturated carbocycles. The molecule has 3 aromatic rings. The minimum absolute atomic E-state index is 0.256. The standard InChI is InChI=1S/C17H16BrN3O2/c18-13-2-1-3-15(10-13)23-9-8-20-17(22)21-14-5-4-12-6-7-19-16(12)11-14/h1-7,10-11,19H,8-9H2,(H2,20,21,22). The number of fused-ring (bicyclic) bond motifs is 1. The number of hydrogen-bond donors (Lipinski definition) is 3. The van der Waals surface area contributed by atoms with Crippen LogP contribution >= 0.6 is 15.9 Å². The maximum atomic E-state index is 11.9. The van der Waals surface area contributed by atoms with Crippen LogP contribution in [0.5, 0.6) is 5.75 Å². The average molecular weight is 374 g/mol. The van der Waals surface area contributed by atoms with Crippen LogP contribution in [0.25, 0.3) is 10.9 Å². The van der Waals surface area contributed by atoms with Gasteiger partial charge in [0, 0.05) is 21.9 Å². The summed E-state index contributed by atoms with van der Waals surface area (Å²) in [5.41, 5.74) is 1.73. The second-order valence-electron chi connectivity index (χ2n) is 4.97. The molecule has 5 nitrogen and oxygen atoms in total. The Morgan fingerprint density at radius 3 is 2.96 bits per heavy atom. The van der Waals surface area contributed by atoms with Crippen molar-refractivity contribution in [2.24, 2.45) is 0 Å². The van der Waals surface area contributed by atoms with Gasteiger partial charge in [0.1, 0.15) is 12.4 Å². The molecule has 0 spiro atoms. The van der Waals surface area contributed by atoms with Crippen molar-refractivity contribution < 1.29 is 9.53 Å². The molecular weight excluding hydrogens is 358 g/mol. The summed E-state index contributed by atoms with van der Waals surface area (Å²) < 4.78 is 6.52. The van der Waals surface area contributed by atoms with Crippen molar-refractivity contribution in [1.82, 2.24) is 10.3 Å². The van der Waals surface area contributed by atoms with Gasteiger partial charge in [-0.2, -0.15) is 0 Å². The molecule has 2 aromatic carbocycles. The lowest BCUT2D eigenvalue weighted by Gasteiger charge is -2.09. The smallest absolute Gasteiger partial charge is 0.319 e. The Kier molecular flexibility index (Phi) is 4.83. The average Bonchev–Trinajstić information content (AvgIpc) is 2.99. The Morgan fingerprint density at radius 1 is 1.17 bits per heavy atom. The number of ether oxygens (including phenoxy) is 1. The highest BCUT2D eigenvalue weighted by molar-refractivity contribution is 9.10. The van der Waals surface area contributed by atoms with E-state index in [0.29, 0.717) is 13.2 Å². The molecule has 0 bridgehead atoms. The van der Waals surface area contributed by atoms with E-state index in [1.165, 1.54) is 0 Å². The number of halogens is 1. The van der Waals surface area contributed by atoms with Gasteiger partial charge in [0.15, 0.2) is 0 Å². The summed E-state index contributed by atoms with van der Waals surface area (Å²) in [7, 11) is 0. The van der Waals surface area contributed by atoms with Gasteiger partial charge in [-0.15, -0.1) is 0 Å². The zero-order chi connectivity index (χ0) is 16.1. The van der Waals surface area contributed by atoms with E-state index in [9.17, 15) is 4.79 Å². The fourth-order valence-electron chi connectivity index (χ4n) is 2.19. The van der Waals surface area contributed by atoms with Crippen molar-refractivity contribution >= 4 is 38.6 Å². The molecule has 1 heterocycles. The molecule has 0 radical (unpaired) electrons. The third kappa shape index (κ3) is 4.26. The van der Waals surface area contributed by atoms with Crippen molar-refractivity contribution in [2.75, 3.05) is 18.5 Å². The highest BCUT2D eigenvalue weighted by Gasteiger charge is 2.03. The van der Waals surface area contributed by atoms with Crippen molar-refractivity contribution in [1.29, 1.82) is 0 Å². The van der Waals surface area contributed by atoms with Gasteiger partial charge in [-0.1, -0.05) is 28.1 Å². The van der Waals surface area contributed by atoms with Crippen LogP contribution in [0.3, 0.4) is 0 Å². The van der Waals surface area contributed by atoms with Gasteiger partial charge in [-0.3, -0.25) is 0 Å². The first-order valence-corrected chi connectivity index (χ1v) is 8.00. The second-order valence-corrected chi connectivity index (χ2v) is 5.88. The topological polar surface area (TPSA) is 66.2 Å². The lowest BCUT2D eigenvalue weighted by atomic mass is 10.2. The molecule has 0 aliphatic rings. The Morgan fingerprint density at radius 2 is 2.09 bits per heavy atom. The number of rotatable bonds is 5. The van der Waals surface area contributed by atoms with Crippen molar-refractivity contribution in [2.45, 2.75) is 0 Å². The molecule has 3 N–H and O–H groups in total. The molecular formula is C17H16BrN3O2. The number of anilines is 1. The number of nitrogens with one attached hydrogen (secondary N) is 3. The molecule has 2 amide bonds. The van der Waals surface area contributed by atoms with E-state index in [2.05, 4.69) is 31.5 Å². The fraction of sp³-hybridized carbons (Fsp3) is 0.118. The van der Waals surface area contributed by atoms with Crippen LogP contribution in [0.1, 0.15) is 0 Å². The summed E-state index contributed by atoms with van der Waals surface area (Å²) in [4.78, 5) is 15.0. The number of benzene rings is 2. The molecule has 23 heavy (non-hydrogen) atoms. The highest BCUT2D eigenvalue weighted by Crippen LogP contribution is 2.18. The van der Waals surface area contributed by atoms with Gasteiger partial charge in [0.05, 0.1) is 6.54 Å². The molecule has 3 rings (SSSR count). The van der Waals surface area contributed by atoms with Crippen LogP contribution < -0.4 is 15.4 Å². The van der Waals surface area contributed by atoms with Crippen LogP contribution in [-0.2, 0) is 0 Å². The van der Waals surface area contributed by atoms with Crippen molar-refractivity contribution in [3.63, 3.8) is 0 Å². The lowest BCUT2D eigenvalue weighted by molar-refractivity contribution is 0.247. The third-order valence-electron chi connectivity index (χ3n) is 3.27. The minimum atomic E-state index is -0.256. The van der Waals surface area contributed by atoms with E-state index in [1.807, 2.05) is 54.7 Å². The Labute approximate surface area is 142 Å². The number of hydrogen-bond acceptors (Lipinski definition) is 2. The number of aromatic nitrogens is 1. The Bertz CT molecular complexity index is 816. The molecule has 0 fully saturated rings. The highest BCUT2D eigenvalue weighted by atomic mass is 79.9. The van der Waals surface area contributed by atoms with E-state index in [0.717, 1.165) is 26.8 Å². The predicted molar refractivity (Wildman–Crippen MR) is 95.0 cm³/mol. The van der Waals surface area contributed by atoms with Crippen LogP contribution in [0.2, 0.25) is 0 Å². The second kappa shape index (κ2) is 7.19. The Hall–Kier alpha value is -2.47. The molecule has 1 aromatic heterocycles. The summed E-state index contributed by atoms with van der Waals surface area (Å²) in [6, 6.07) is 15.0. The minimum Gasteiger partial charge on any atom is -0.492 e. The van der Waals surface area contributed by atoms with Crippen LogP contribution in [0.15, 0.2) is 59.2 Å². The molecule has 0 aliphatic heterocycles. The maximum Gasteiger partial charge on any atom is 0.319 e. The first-order valence-electron chi connectivity index (χ1n) is 7.21. The summed E-state index contributed by atoms with van der Waals surface area (Å²) >= 11 is 3.38. The number of aromatic amines is 1. The molecule has 6 heteroatoms. The number of carbonyl (C=O) groups is 1. The van der Waals surface area contributed by atoms with Crippen molar-refractivity contribution in [3.8, 4) is 5.75 Å². The van der Waals surface area contributed by atoms with Crippen LogP contribution in [-0.4, -0.2) is 24.2 Å². The normalized spacial score (nSPS) is 10.5. The SMILES string of the molecule is O=C(NCCOc1cccc(Br)c1)Nc1ccc2cc[nH]c2c1. The van der Waals surface area contributed by atoms with Gasteiger partial charge in [-0.25, -0.2) is 4.79 Å². The summed E-state index contributed by atoms with van der Waals surface area (Å²) in [5, 5.41) is 6.67. The van der Waals surface area contributed by atoms with Crippen molar-refractivity contribution in [3.05, 3.63) is 59.2 Å². The molecule has 118 valence electrons. The van der Waals surface area contributed by atoms with Gasteiger partial charge in [-0.05, 0) is 41.8 Å². The summed E-state index contributed by atoms with van der Waals surface area (Å²) in [6.45, 7) is 0.822. The molecule has 0 unspecified atom stereocenters. The zero-order valence-corrected chi connectivity index (χ0v) is 13.9. The quantitative estimate of drug-likeness (QED) is 0.588.